The Morgan fingerprint density at radius 1 is 1.28 bits per heavy atom. The monoisotopic (exact) mass is 361 g/mol. The van der Waals surface area contributed by atoms with Crippen LogP contribution in [0.3, 0.4) is 0 Å². The number of amides is 1. The molecule has 3 rings (SSSR count). The van der Waals surface area contributed by atoms with Gasteiger partial charge in [-0.05, 0) is 44.2 Å². The Morgan fingerprint density at radius 3 is 2.76 bits per heavy atom. The maximum Gasteiger partial charge on any atom is 0.322 e. The molecule has 0 fully saturated rings. The average Bonchev–Trinajstić information content (AvgIpc) is 3.23. The summed E-state index contributed by atoms with van der Waals surface area (Å²) in [5, 5.41) is 15.0. The molecule has 1 N–H and O–H groups in total. The van der Waals surface area contributed by atoms with Gasteiger partial charge in [0.2, 0.25) is 0 Å². The highest BCUT2D eigenvalue weighted by atomic mass is 35.5. The van der Waals surface area contributed by atoms with Crippen molar-refractivity contribution < 1.29 is 13.9 Å². The van der Waals surface area contributed by atoms with Gasteiger partial charge in [0.1, 0.15) is 11.4 Å². The SMILES string of the molecule is CC(C)n1nccc1-c1nnc(NC(=O)COc2ccc(Cl)cc2)o1. The first kappa shape index (κ1) is 17.0. The van der Waals surface area contributed by atoms with Crippen LogP contribution in [0.2, 0.25) is 5.02 Å². The second-order valence-corrected chi connectivity index (χ2v) is 5.89. The number of benzene rings is 1. The minimum Gasteiger partial charge on any atom is -0.484 e. The van der Waals surface area contributed by atoms with Crippen LogP contribution in [0.5, 0.6) is 5.75 Å². The summed E-state index contributed by atoms with van der Waals surface area (Å²) in [6, 6.07) is 8.61. The maximum atomic E-state index is 11.9. The van der Waals surface area contributed by atoms with Crippen LogP contribution < -0.4 is 10.1 Å². The lowest BCUT2D eigenvalue weighted by molar-refractivity contribution is -0.118. The lowest BCUT2D eigenvalue weighted by Gasteiger charge is -2.07. The van der Waals surface area contributed by atoms with E-state index in [1.165, 1.54) is 0 Å². The van der Waals surface area contributed by atoms with E-state index in [1.807, 2.05) is 13.8 Å². The number of anilines is 1. The Labute approximate surface area is 148 Å². The summed E-state index contributed by atoms with van der Waals surface area (Å²) in [7, 11) is 0. The molecule has 25 heavy (non-hydrogen) atoms. The van der Waals surface area contributed by atoms with E-state index >= 15 is 0 Å². The van der Waals surface area contributed by atoms with E-state index in [4.69, 9.17) is 20.8 Å². The zero-order valence-corrected chi connectivity index (χ0v) is 14.4. The summed E-state index contributed by atoms with van der Waals surface area (Å²) in [5.41, 5.74) is 0.681. The number of aromatic nitrogens is 4. The van der Waals surface area contributed by atoms with Gasteiger partial charge in [-0.25, -0.2) is 0 Å². The highest BCUT2D eigenvalue weighted by Crippen LogP contribution is 2.22. The summed E-state index contributed by atoms with van der Waals surface area (Å²) >= 11 is 5.79. The van der Waals surface area contributed by atoms with Crippen molar-refractivity contribution in [1.29, 1.82) is 0 Å². The van der Waals surface area contributed by atoms with E-state index in [0.29, 0.717) is 16.5 Å². The van der Waals surface area contributed by atoms with Gasteiger partial charge in [-0.2, -0.15) is 5.10 Å². The molecule has 0 bridgehead atoms. The van der Waals surface area contributed by atoms with E-state index in [9.17, 15) is 4.79 Å². The highest BCUT2D eigenvalue weighted by Gasteiger charge is 2.16. The number of nitrogens with zero attached hydrogens (tertiary/aromatic N) is 4. The smallest absolute Gasteiger partial charge is 0.322 e. The zero-order valence-electron chi connectivity index (χ0n) is 13.6. The number of halogens is 1. The Morgan fingerprint density at radius 2 is 2.04 bits per heavy atom. The fourth-order valence-electron chi connectivity index (χ4n) is 2.11. The van der Waals surface area contributed by atoms with Gasteiger partial charge in [0.05, 0.1) is 0 Å². The molecule has 9 heteroatoms. The standard InChI is InChI=1S/C16H16ClN5O3/c1-10(2)22-13(7-8-18-22)15-20-21-16(25-15)19-14(23)9-24-12-5-3-11(17)4-6-12/h3-8,10H,9H2,1-2H3,(H,19,21,23). The topological polar surface area (TPSA) is 95.1 Å². The quantitative estimate of drug-likeness (QED) is 0.724. The second-order valence-electron chi connectivity index (χ2n) is 5.46. The Kier molecular flexibility index (Phi) is 4.99. The number of nitrogens with one attached hydrogen (secondary N) is 1. The Hall–Kier alpha value is -2.87. The van der Waals surface area contributed by atoms with Gasteiger partial charge in [-0.15, -0.1) is 5.10 Å². The molecule has 0 atom stereocenters. The fourth-order valence-corrected chi connectivity index (χ4v) is 2.23. The molecule has 2 aromatic heterocycles. The number of rotatable bonds is 6. The van der Waals surface area contributed by atoms with Crippen molar-refractivity contribution in [2.24, 2.45) is 0 Å². The minimum absolute atomic E-state index is 0.00351. The van der Waals surface area contributed by atoms with Crippen molar-refractivity contribution in [2.45, 2.75) is 19.9 Å². The van der Waals surface area contributed by atoms with Gasteiger partial charge in [0, 0.05) is 17.3 Å². The first-order chi connectivity index (χ1) is 12.0. The van der Waals surface area contributed by atoms with Crippen molar-refractivity contribution in [2.75, 3.05) is 11.9 Å². The predicted molar refractivity (Wildman–Crippen MR) is 91.5 cm³/mol. The molecule has 0 radical (unpaired) electrons. The molecular weight excluding hydrogens is 346 g/mol. The van der Waals surface area contributed by atoms with Crippen LogP contribution in [-0.2, 0) is 4.79 Å². The molecule has 1 aromatic carbocycles. The van der Waals surface area contributed by atoms with E-state index in [2.05, 4.69) is 20.6 Å². The molecule has 8 nitrogen and oxygen atoms in total. The van der Waals surface area contributed by atoms with Crippen molar-refractivity contribution in [1.82, 2.24) is 20.0 Å². The molecule has 0 spiro atoms. The van der Waals surface area contributed by atoms with Gasteiger partial charge >= 0.3 is 6.01 Å². The van der Waals surface area contributed by atoms with Crippen molar-refractivity contribution in [3.05, 3.63) is 41.6 Å². The zero-order chi connectivity index (χ0) is 17.8. The van der Waals surface area contributed by atoms with Gasteiger partial charge < -0.3 is 9.15 Å². The van der Waals surface area contributed by atoms with Crippen LogP contribution in [0.4, 0.5) is 6.01 Å². The molecule has 130 valence electrons. The first-order valence-corrected chi connectivity index (χ1v) is 7.96. The van der Waals surface area contributed by atoms with E-state index < -0.39 is 5.91 Å². The first-order valence-electron chi connectivity index (χ1n) is 7.58. The summed E-state index contributed by atoms with van der Waals surface area (Å²) in [4.78, 5) is 11.9. The minimum atomic E-state index is -0.414. The molecular formula is C16H16ClN5O3. The van der Waals surface area contributed by atoms with Crippen molar-refractivity contribution in [3.8, 4) is 17.3 Å². The molecule has 1 amide bonds. The maximum absolute atomic E-state index is 11.9. The third-order valence-electron chi connectivity index (χ3n) is 3.23. The number of ether oxygens (including phenoxy) is 1. The number of carbonyl (C=O) groups excluding carboxylic acids is 1. The van der Waals surface area contributed by atoms with Crippen molar-refractivity contribution in [3.63, 3.8) is 0 Å². The molecule has 0 aliphatic rings. The van der Waals surface area contributed by atoms with E-state index in [1.54, 1.807) is 41.2 Å². The molecule has 0 saturated carbocycles. The van der Waals surface area contributed by atoms with Crippen LogP contribution >= 0.6 is 11.6 Å². The predicted octanol–water partition coefficient (Wildman–Crippen LogP) is 3.18. The van der Waals surface area contributed by atoms with Crippen LogP contribution in [-0.4, -0.2) is 32.5 Å². The van der Waals surface area contributed by atoms with Gasteiger partial charge in [-0.3, -0.25) is 14.8 Å². The van der Waals surface area contributed by atoms with E-state index in [-0.39, 0.29) is 24.6 Å². The normalized spacial score (nSPS) is 10.9. The lowest BCUT2D eigenvalue weighted by Crippen LogP contribution is -2.20. The average molecular weight is 362 g/mol. The summed E-state index contributed by atoms with van der Waals surface area (Å²) in [5.74, 6) is 0.397. The Balaban J connectivity index is 1.60. The molecule has 3 aromatic rings. The van der Waals surface area contributed by atoms with Crippen molar-refractivity contribution >= 4 is 23.5 Å². The number of hydrogen-bond donors (Lipinski definition) is 1. The molecule has 2 heterocycles. The van der Waals surface area contributed by atoms with Crippen LogP contribution in [0, 0.1) is 0 Å². The van der Waals surface area contributed by atoms with E-state index in [0.717, 1.165) is 0 Å². The fraction of sp³-hybridized carbons (Fsp3) is 0.250. The second kappa shape index (κ2) is 7.35. The lowest BCUT2D eigenvalue weighted by atomic mass is 10.3. The third kappa shape index (κ3) is 4.16. The number of carbonyl (C=O) groups is 1. The van der Waals surface area contributed by atoms with Gasteiger partial charge in [-0.1, -0.05) is 16.7 Å². The van der Waals surface area contributed by atoms with Gasteiger partial charge in [0.15, 0.2) is 6.61 Å². The molecule has 0 unspecified atom stereocenters. The van der Waals surface area contributed by atoms with Crippen LogP contribution in [0.1, 0.15) is 19.9 Å². The van der Waals surface area contributed by atoms with Crippen LogP contribution in [0.15, 0.2) is 40.9 Å². The Bertz CT molecular complexity index is 857. The summed E-state index contributed by atoms with van der Waals surface area (Å²) in [6.45, 7) is 3.79. The molecule has 0 saturated heterocycles. The highest BCUT2D eigenvalue weighted by molar-refractivity contribution is 6.30. The number of hydrogen-bond acceptors (Lipinski definition) is 6. The summed E-state index contributed by atoms with van der Waals surface area (Å²) in [6.07, 6.45) is 1.65. The van der Waals surface area contributed by atoms with Crippen LogP contribution in [0.25, 0.3) is 11.6 Å². The molecule has 0 aliphatic heterocycles. The molecule has 0 aliphatic carbocycles. The summed E-state index contributed by atoms with van der Waals surface area (Å²) < 4.78 is 12.6. The van der Waals surface area contributed by atoms with Gasteiger partial charge in [0.25, 0.3) is 11.8 Å². The largest absolute Gasteiger partial charge is 0.484 e. The third-order valence-corrected chi connectivity index (χ3v) is 3.49.